The number of rotatable bonds is 5. The zero-order chi connectivity index (χ0) is 23.5. The third-order valence-corrected chi connectivity index (χ3v) is 5.28. The van der Waals surface area contributed by atoms with E-state index in [1.54, 1.807) is 48.5 Å². The van der Waals surface area contributed by atoms with E-state index < -0.39 is 28.7 Å². The molecule has 2 N–H and O–H groups in total. The molecule has 0 spiro atoms. The maximum atomic E-state index is 13.5. The number of nitro benzene ring substituents is 1. The van der Waals surface area contributed by atoms with Crippen molar-refractivity contribution in [3.05, 3.63) is 93.5 Å². The zero-order valence-corrected chi connectivity index (χ0v) is 17.8. The molecule has 1 atom stereocenters. The highest BCUT2D eigenvalue weighted by Crippen LogP contribution is 2.34. The van der Waals surface area contributed by atoms with Crippen LogP contribution in [0.2, 0.25) is 5.02 Å². The number of halogens is 1. The summed E-state index contributed by atoms with van der Waals surface area (Å²) >= 11 is 5.95. The molecular weight excluding hydrogens is 448 g/mol. The number of hydrogen-bond donors (Lipinski definition) is 2. The van der Waals surface area contributed by atoms with Gasteiger partial charge in [-0.1, -0.05) is 35.9 Å². The van der Waals surface area contributed by atoms with Gasteiger partial charge < -0.3 is 10.6 Å². The summed E-state index contributed by atoms with van der Waals surface area (Å²) in [7, 11) is 0. The van der Waals surface area contributed by atoms with E-state index in [2.05, 4.69) is 10.6 Å². The Morgan fingerprint density at radius 1 is 1.06 bits per heavy atom. The van der Waals surface area contributed by atoms with Gasteiger partial charge >= 0.3 is 0 Å². The van der Waals surface area contributed by atoms with Crippen LogP contribution in [0.1, 0.15) is 16.8 Å². The Kier molecular flexibility index (Phi) is 6.05. The minimum absolute atomic E-state index is 0.0222. The number of hydrogen-bond acceptors (Lipinski definition) is 5. The molecule has 0 saturated heterocycles. The molecule has 1 unspecified atom stereocenters. The lowest BCUT2D eigenvalue weighted by Gasteiger charge is -2.36. The fraction of sp³-hybridized carbons (Fsp3) is 0.0870. The van der Waals surface area contributed by atoms with E-state index >= 15 is 0 Å². The van der Waals surface area contributed by atoms with Crippen LogP contribution >= 0.6 is 11.6 Å². The standard InChI is InChI=1S/C23H17ClN4O5/c24-15-6-4-7-16(12-15)25-21(29)13-20-22(30)26-18-9-1-2-10-19(18)27(20)23(31)14-5-3-8-17(11-14)28(32)33/h1-12,20H,13H2,(H,25,29)(H,26,30). The van der Waals surface area contributed by atoms with Crippen LogP contribution in [-0.2, 0) is 9.59 Å². The molecule has 9 nitrogen and oxygen atoms in total. The highest BCUT2D eigenvalue weighted by Gasteiger charge is 2.38. The first-order valence-corrected chi connectivity index (χ1v) is 10.2. The number of carbonyl (C=O) groups is 3. The summed E-state index contributed by atoms with van der Waals surface area (Å²) in [5.41, 5.74) is 0.988. The second-order valence-corrected chi connectivity index (χ2v) is 7.70. The van der Waals surface area contributed by atoms with Gasteiger partial charge in [-0.3, -0.25) is 29.4 Å². The fourth-order valence-corrected chi connectivity index (χ4v) is 3.76. The van der Waals surface area contributed by atoms with Gasteiger partial charge in [-0.25, -0.2) is 0 Å². The van der Waals surface area contributed by atoms with Crippen LogP contribution in [-0.4, -0.2) is 28.7 Å². The Morgan fingerprint density at radius 3 is 2.58 bits per heavy atom. The molecule has 0 bridgehead atoms. The van der Waals surface area contributed by atoms with E-state index in [0.717, 1.165) is 6.07 Å². The van der Waals surface area contributed by atoms with Crippen molar-refractivity contribution in [3.63, 3.8) is 0 Å². The van der Waals surface area contributed by atoms with E-state index in [-0.39, 0.29) is 17.7 Å². The summed E-state index contributed by atoms with van der Waals surface area (Å²) < 4.78 is 0. The van der Waals surface area contributed by atoms with Crippen molar-refractivity contribution in [1.82, 2.24) is 0 Å². The Morgan fingerprint density at radius 2 is 1.82 bits per heavy atom. The smallest absolute Gasteiger partial charge is 0.270 e. The molecule has 1 aliphatic heterocycles. The van der Waals surface area contributed by atoms with Crippen LogP contribution in [0.15, 0.2) is 72.8 Å². The van der Waals surface area contributed by atoms with Crippen LogP contribution in [0.5, 0.6) is 0 Å². The van der Waals surface area contributed by atoms with Crippen LogP contribution in [0.25, 0.3) is 0 Å². The number of fused-ring (bicyclic) bond motifs is 1. The minimum atomic E-state index is -1.18. The first-order valence-electron chi connectivity index (χ1n) is 9.87. The monoisotopic (exact) mass is 464 g/mol. The summed E-state index contributed by atoms with van der Waals surface area (Å²) in [5, 5.41) is 17.0. The van der Waals surface area contributed by atoms with Gasteiger partial charge in [-0.2, -0.15) is 0 Å². The van der Waals surface area contributed by atoms with Crippen molar-refractivity contribution in [2.24, 2.45) is 0 Å². The predicted molar refractivity (Wildman–Crippen MR) is 123 cm³/mol. The minimum Gasteiger partial charge on any atom is -0.326 e. The average Bonchev–Trinajstić information content (AvgIpc) is 2.79. The molecule has 0 aliphatic carbocycles. The third-order valence-electron chi connectivity index (χ3n) is 5.05. The predicted octanol–water partition coefficient (Wildman–Crippen LogP) is 4.24. The van der Waals surface area contributed by atoms with Crippen molar-refractivity contribution < 1.29 is 19.3 Å². The lowest BCUT2D eigenvalue weighted by Crippen LogP contribution is -2.52. The Balaban J connectivity index is 1.68. The Bertz CT molecular complexity index is 1280. The first-order chi connectivity index (χ1) is 15.8. The van der Waals surface area contributed by atoms with E-state index in [1.807, 2.05) is 0 Å². The van der Waals surface area contributed by atoms with Gasteiger partial charge in [0.25, 0.3) is 11.6 Å². The third kappa shape index (κ3) is 4.68. The molecule has 166 valence electrons. The number of anilines is 3. The number of nitrogens with zero attached hydrogens (tertiary/aromatic N) is 2. The number of benzene rings is 3. The summed E-state index contributed by atoms with van der Waals surface area (Å²) in [4.78, 5) is 50.8. The van der Waals surface area contributed by atoms with Crippen LogP contribution in [0, 0.1) is 10.1 Å². The van der Waals surface area contributed by atoms with Crippen LogP contribution < -0.4 is 15.5 Å². The molecule has 33 heavy (non-hydrogen) atoms. The maximum Gasteiger partial charge on any atom is 0.270 e. The molecule has 0 saturated carbocycles. The molecule has 0 aromatic heterocycles. The highest BCUT2D eigenvalue weighted by atomic mass is 35.5. The van der Waals surface area contributed by atoms with Gasteiger partial charge in [0.05, 0.1) is 22.7 Å². The summed E-state index contributed by atoms with van der Waals surface area (Å²) in [6.07, 6.45) is -0.340. The number of non-ortho nitro benzene ring substituents is 1. The SMILES string of the molecule is O=C(CC1C(=O)Nc2ccccc2N1C(=O)c1cccc([N+](=O)[O-])c1)Nc1cccc(Cl)c1. The van der Waals surface area contributed by atoms with Gasteiger partial charge in [0.2, 0.25) is 11.8 Å². The second-order valence-electron chi connectivity index (χ2n) is 7.27. The van der Waals surface area contributed by atoms with E-state index in [4.69, 9.17) is 11.6 Å². The molecular formula is C23H17ClN4O5. The fourth-order valence-electron chi connectivity index (χ4n) is 3.57. The molecule has 10 heteroatoms. The Labute approximate surface area is 193 Å². The molecule has 3 aromatic carbocycles. The maximum absolute atomic E-state index is 13.5. The van der Waals surface area contributed by atoms with E-state index in [0.29, 0.717) is 22.1 Å². The molecule has 0 fully saturated rings. The lowest BCUT2D eigenvalue weighted by atomic mass is 10.0. The Hall–Kier alpha value is -4.24. The van der Waals surface area contributed by atoms with Crippen molar-refractivity contribution in [1.29, 1.82) is 0 Å². The average molecular weight is 465 g/mol. The number of para-hydroxylation sites is 2. The van der Waals surface area contributed by atoms with E-state index in [1.165, 1.54) is 23.1 Å². The van der Waals surface area contributed by atoms with Gasteiger partial charge in [-0.15, -0.1) is 0 Å². The number of carbonyl (C=O) groups excluding carboxylic acids is 3. The molecule has 1 heterocycles. The van der Waals surface area contributed by atoms with Gasteiger partial charge in [0, 0.05) is 28.4 Å². The summed E-state index contributed by atoms with van der Waals surface area (Å²) in [6, 6.07) is 17.2. The number of amides is 3. The lowest BCUT2D eigenvalue weighted by molar-refractivity contribution is -0.384. The van der Waals surface area contributed by atoms with Crippen molar-refractivity contribution in [2.75, 3.05) is 15.5 Å². The topological polar surface area (TPSA) is 122 Å². The number of nitrogens with one attached hydrogen (secondary N) is 2. The zero-order valence-electron chi connectivity index (χ0n) is 17.0. The quantitative estimate of drug-likeness (QED) is 0.432. The molecule has 3 amide bonds. The summed E-state index contributed by atoms with van der Waals surface area (Å²) in [6.45, 7) is 0. The van der Waals surface area contributed by atoms with Gasteiger partial charge in [0.15, 0.2) is 0 Å². The van der Waals surface area contributed by atoms with Crippen molar-refractivity contribution >= 4 is 52.1 Å². The molecule has 0 radical (unpaired) electrons. The van der Waals surface area contributed by atoms with E-state index in [9.17, 15) is 24.5 Å². The molecule has 4 rings (SSSR count). The summed E-state index contributed by atoms with van der Waals surface area (Å²) in [5.74, 6) is -1.69. The normalized spacial score (nSPS) is 14.8. The van der Waals surface area contributed by atoms with Gasteiger partial charge in [-0.05, 0) is 36.4 Å². The van der Waals surface area contributed by atoms with Crippen molar-refractivity contribution in [2.45, 2.75) is 12.5 Å². The van der Waals surface area contributed by atoms with Crippen LogP contribution in [0.3, 0.4) is 0 Å². The molecule has 1 aliphatic rings. The van der Waals surface area contributed by atoms with Crippen molar-refractivity contribution in [3.8, 4) is 0 Å². The second kappa shape index (κ2) is 9.09. The number of nitro groups is 1. The molecule has 3 aromatic rings. The highest BCUT2D eigenvalue weighted by molar-refractivity contribution is 6.31. The van der Waals surface area contributed by atoms with Crippen LogP contribution in [0.4, 0.5) is 22.7 Å². The van der Waals surface area contributed by atoms with Gasteiger partial charge in [0.1, 0.15) is 6.04 Å². The largest absolute Gasteiger partial charge is 0.326 e. The first kappa shape index (κ1) is 22.0.